The maximum Gasteiger partial charge on any atom is 0.240 e. The number of hydrogen-bond acceptors (Lipinski definition) is 4. The van der Waals surface area contributed by atoms with Crippen LogP contribution < -0.4 is 14.2 Å². The van der Waals surface area contributed by atoms with Crippen molar-refractivity contribution in [3.8, 4) is 11.5 Å². The maximum absolute atomic E-state index is 12.0. The Balaban J connectivity index is 1.79. The number of hydrogen-bond donors (Lipinski definition) is 1. The number of benzene rings is 2. The van der Waals surface area contributed by atoms with Crippen molar-refractivity contribution in [3.05, 3.63) is 54.6 Å². The maximum atomic E-state index is 12.0. The lowest BCUT2D eigenvalue weighted by atomic mass is 10.3. The molecular formula is C16H19NO4S. The Hall–Kier alpha value is -2.05. The molecule has 2 aromatic rings. The molecule has 1 N–H and O–H groups in total. The second-order valence-corrected chi connectivity index (χ2v) is 6.23. The third kappa shape index (κ3) is 4.75. The van der Waals surface area contributed by atoms with E-state index in [1.807, 2.05) is 19.1 Å². The minimum Gasteiger partial charge on any atom is -0.494 e. The van der Waals surface area contributed by atoms with Crippen molar-refractivity contribution >= 4 is 10.0 Å². The summed E-state index contributed by atoms with van der Waals surface area (Å²) < 4.78 is 37.3. The van der Waals surface area contributed by atoms with Crippen molar-refractivity contribution in [2.75, 3.05) is 19.8 Å². The van der Waals surface area contributed by atoms with Crippen LogP contribution in [0.15, 0.2) is 59.5 Å². The van der Waals surface area contributed by atoms with Gasteiger partial charge in [-0.05, 0) is 43.3 Å². The zero-order chi connectivity index (χ0) is 15.8. The number of sulfonamides is 1. The van der Waals surface area contributed by atoms with Gasteiger partial charge in [0.25, 0.3) is 0 Å². The van der Waals surface area contributed by atoms with E-state index in [2.05, 4.69) is 4.72 Å². The van der Waals surface area contributed by atoms with Gasteiger partial charge in [-0.2, -0.15) is 0 Å². The van der Waals surface area contributed by atoms with Crippen molar-refractivity contribution < 1.29 is 17.9 Å². The van der Waals surface area contributed by atoms with Crippen molar-refractivity contribution in [2.45, 2.75) is 11.8 Å². The molecule has 0 saturated carbocycles. The molecule has 0 saturated heterocycles. The van der Waals surface area contributed by atoms with Gasteiger partial charge in [-0.25, -0.2) is 13.1 Å². The second-order valence-electron chi connectivity index (χ2n) is 4.46. The number of nitrogens with one attached hydrogen (secondary N) is 1. The fourth-order valence-corrected chi connectivity index (χ4v) is 2.86. The molecule has 6 heteroatoms. The molecule has 0 aliphatic heterocycles. The molecule has 0 unspecified atom stereocenters. The summed E-state index contributed by atoms with van der Waals surface area (Å²) in [6.45, 7) is 2.98. The molecule has 0 heterocycles. The van der Waals surface area contributed by atoms with Crippen molar-refractivity contribution in [1.82, 2.24) is 4.72 Å². The van der Waals surface area contributed by atoms with Crippen LogP contribution in [-0.2, 0) is 10.0 Å². The van der Waals surface area contributed by atoms with Gasteiger partial charge in [0.15, 0.2) is 0 Å². The van der Waals surface area contributed by atoms with E-state index in [-0.39, 0.29) is 18.0 Å². The molecule has 0 bridgehead atoms. The molecule has 0 aromatic heterocycles. The molecule has 2 aromatic carbocycles. The van der Waals surface area contributed by atoms with Gasteiger partial charge < -0.3 is 9.47 Å². The van der Waals surface area contributed by atoms with Crippen molar-refractivity contribution in [1.29, 1.82) is 0 Å². The molecule has 0 amide bonds. The van der Waals surface area contributed by atoms with E-state index in [1.54, 1.807) is 42.5 Å². The first-order valence-electron chi connectivity index (χ1n) is 7.02. The van der Waals surface area contributed by atoms with E-state index in [9.17, 15) is 8.42 Å². The summed E-state index contributed by atoms with van der Waals surface area (Å²) in [7, 11) is -3.48. The highest BCUT2D eigenvalue weighted by atomic mass is 32.2. The summed E-state index contributed by atoms with van der Waals surface area (Å²) in [6.07, 6.45) is 0. The van der Waals surface area contributed by atoms with E-state index in [0.29, 0.717) is 12.4 Å². The van der Waals surface area contributed by atoms with E-state index in [0.717, 1.165) is 5.75 Å². The number of rotatable bonds is 8. The summed E-state index contributed by atoms with van der Waals surface area (Å²) >= 11 is 0. The lowest BCUT2D eigenvalue weighted by Crippen LogP contribution is -2.28. The lowest BCUT2D eigenvalue weighted by Gasteiger charge is -2.09. The molecule has 118 valence electrons. The van der Waals surface area contributed by atoms with E-state index in [4.69, 9.17) is 9.47 Å². The van der Waals surface area contributed by atoms with Crippen molar-refractivity contribution in [2.24, 2.45) is 0 Å². The standard InChI is InChI=1S/C16H19NO4S/c1-2-20-14-8-10-15(11-9-14)21-13-12-17-22(18,19)16-6-4-3-5-7-16/h3-11,17H,2,12-13H2,1H3. The van der Waals surface area contributed by atoms with Crippen molar-refractivity contribution in [3.63, 3.8) is 0 Å². The molecule has 0 spiro atoms. The van der Waals surface area contributed by atoms with Crippen LogP contribution in [0.4, 0.5) is 0 Å². The highest BCUT2D eigenvalue weighted by Gasteiger charge is 2.12. The SMILES string of the molecule is CCOc1ccc(OCCNS(=O)(=O)c2ccccc2)cc1. The van der Waals surface area contributed by atoms with Gasteiger partial charge in [0, 0.05) is 6.54 Å². The predicted octanol–water partition coefficient (Wildman–Crippen LogP) is 2.44. The van der Waals surface area contributed by atoms with Gasteiger partial charge in [0.2, 0.25) is 10.0 Å². The topological polar surface area (TPSA) is 64.6 Å². The van der Waals surface area contributed by atoms with Crippen LogP contribution in [0.2, 0.25) is 0 Å². The summed E-state index contributed by atoms with van der Waals surface area (Å²) in [4.78, 5) is 0.246. The van der Waals surface area contributed by atoms with E-state index in [1.165, 1.54) is 0 Å². The third-order valence-electron chi connectivity index (χ3n) is 2.85. The van der Waals surface area contributed by atoms with Crippen LogP contribution in [0.3, 0.4) is 0 Å². The van der Waals surface area contributed by atoms with Gasteiger partial charge in [-0.3, -0.25) is 0 Å². The molecule has 0 aliphatic rings. The Morgan fingerprint density at radius 3 is 2.09 bits per heavy atom. The molecule has 0 fully saturated rings. The highest BCUT2D eigenvalue weighted by Crippen LogP contribution is 2.17. The minimum absolute atomic E-state index is 0.199. The van der Waals surface area contributed by atoms with Gasteiger partial charge in [-0.1, -0.05) is 18.2 Å². The molecule has 0 radical (unpaired) electrons. The Morgan fingerprint density at radius 1 is 0.909 bits per heavy atom. The lowest BCUT2D eigenvalue weighted by molar-refractivity contribution is 0.319. The summed E-state index contributed by atoms with van der Waals surface area (Å²) in [5.41, 5.74) is 0. The Bertz CT molecular complexity index is 669. The first-order valence-corrected chi connectivity index (χ1v) is 8.50. The fraction of sp³-hybridized carbons (Fsp3) is 0.250. The number of ether oxygens (including phenoxy) is 2. The van der Waals surface area contributed by atoms with Crippen LogP contribution in [0.1, 0.15) is 6.92 Å². The first kappa shape index (κ1) is 16.3. The van der Waals surface area contributed by atoms with Crippen LogP contribution in [0.25, 0.3) is 0 Å². The van der Waals surface area contributed by atoms with Gasteiger partial charge in [0.1, 0.15) is 18.1 Å². The van der Waals surface area contributed by atoms with Gasteiger partial charge in [0.05, 0.1) is 11.5 Å². The Morgan fingerprint density at radius 2 is 1.50 bits per heavy atom. The average Bonchev–Trinajstić information content (AvgIpc) is 2.54. The molecule has 5 nitrogen and oxygen atoms in total. The van der Waals surface area contributed by atoms with Crippen LogP contribution in [0, 0.1) is 0 Å². The zero-order valence-electron chi connectivity index (χ0n) is 12.4. The molecule has 2 rings (SSSR count). The van der Waals surface area contributed by atoms with Crippen LogP contribution >= 0.6 is 0 Å². The van der Waals surface area contributed by atoms with Gasteiger partial charge in [-0.15, -0.1) is 0 Å². The molecule has 0 atom stereocenters. The summed E-state index contributed by atoms with van der Waals surface area (Å²) in [5.74, 6) is 1.45. The molecular weight excluding hydrogens is 302 g/mol. The fourth-order valence-electron chi connectivity index (χ4n) is 1.83. The average molecular weight is 321 g/mol. The predicted molar refractivity (Wildman–Crippen MR) is 84.7 cm³/mol. The monoisotopic (exact) mass is 321 g/mol. The Kier molecular flexibility index (Phi) is 5.80. The highest BCUT2D eigenvalue weighted by molar-refractivity contribution is 7.89. The molecule has 22 heavy (non-hydrogen) atoms. The quantitative estimate of drug-likeness (QED) is 0.759. The van der Waals surface area contributed by atoms with Crippen LogP contribution in [0.5, 0.6) is 11.5 Å². The normalized spacial score (nSPS) is 11.1. The summed E-state index contributed by atoms with van der Waals surface area (Å²) in [5, 5.41) is 0. The minimum atomic E-state index is -3.48. The zero-order valence-corrected chi connectivity index (χ0v) is 13.2. The Labute approximate surface area is 130 Å². The molecule has 0 aliphatic carbocycles. The first-order chi connectivity index (χ1) is 10.6. The van der Waals surface area contributed by atoms with E-state index >= 15 is 0 Å². The van der Waals surface area contributed by atoms with Crippen LogP contribution in [-0.4, -0.2) is 28.2 Å². The smallest absolute Gasteiger partial charge is 0.240 e. The van der Waals surface area contributed by atoms with Gasteiger partial charge >= 0.3 is 0 Å². The largest absolute Gasteiger partial charge is 0.494 e. The second kappa shape index (κ2) is 7.82. The summed E-state index contributed by atoms with van der Waals surface area (Å²) in [6, 6.07) is 15.4. The third-order valence-corrected chi connectivity index (χ3v) is 4.33. The van der Waals surface area contributed by atoms with E-state index < -0.39 is 10.0 Å².